The summed E-state index contributed by atoms with van der Waals surface area (Å²) >= 11 is 0. The highest BCUT2D eigenvalue weighted by atomic mass is 32.2. The number of para-hydroxylation sites is 1. The lowest BCUT2D eigenvalue weighted by Crippen LogP contribution is -2.50. The summed E-state index contributed by atoms with van der Waals surface area (Å²) in [7, 11) is -3.27. The van der Waals surface area contributed by atoms with Crippen LogP contribution in [0.3, 0.4) is 0 Å². The lowest BCUT2D eigenvalue weighted by Gasteiger charge is -2.33. The van der Waals surface area contributed by atoms with Gasteiger partial charge >= 0.3 is 0 Å². The number of hydrogen-bond donors (Lipinski definition) is 2. The van der Waals surface area contributed by atoms with Crippen LogP contribution in [0.4, 0.5) is 11.4 Å². The van der Waals surface area contributed by atoms with E-state index in [1.165, 1.54) is 15.6 Å². The highest BCUT2D eigenvalue weighted by molar-refractivity contribution is 7.88. The van der Waals surface area contributed by atoms with Crippen molar-refractivity contribution in [3.05, 3.63) is 96.1 Å². The van der Waals surface area contributed by atoms with E-state index >= 15 is 0 Å². The first-order valence-corrected chi connectivity index (χ1v) is 14.0. The number of carbonyl (C=O) groups is 2. The number of anilines is 2. The number of carbonyl (C=O) groups excluding carboxylic acids is 2. The largest absolute Gasteiger partial charge is 0.336 e. The second-order valence-corrected chi connectivity index (χ2v) is 11.1. The van der Waals surface area contributed by atoms with E-state index in [-0.39, 0.29) is 24.9 Å². The van der Waals surface area contributed by atoms with Crippen molar-refractivity contribution in [1.82, 2.24) is 14.6 Å². The summed E-state index contributed by atoms with van der Waals surface area (Å²) in [4.78, 5) is 28.1. The van der Waals surface area contributed by atoms with Crippen LogP contribution in [-0.2, 0) is 14.8 Å². The smallest absolute Gasteiger partial charge is 0.272 e. The molecule has 38 heavy (non-hydrogen) atoms. The van der Waals surface area contributed by atoms with Gasteiger partial charge in [-0.2, -0.15) is 14.4 Å². The fraction of sp³-hybridized carbons (Fsp3) is 0.222. The van der Waals surface area contributed by atoms with Gasteiger partial charge < -0.3 is 10.3 Å². The Hall–Kier alpha value is -4.06. The zero-order valence-electron chi connectivity index (χ0n) is 20.8. The third kappa shape index (κ3) is 5.44. The van der Waals surface area contributed by atoms with Crippen molar-refractivity contribution in [2.24, 2.45) is 5.10 Å². The summed E-state index contributed by atoms with van der Waals surface area (Å²) < 4.78 is 24.9. The average Bonchev–Trinajstić information content (AvgIpc) is 3.28. The molecule has 0 aliphatic carbocycles. The van der Waals surface area contributed by atoms with Gasteiger partial charge in [0.2, 0.25) is 10.0 Å². The first-order valence-electron chi connectivity index (χ1n) is 12.2. The van der Waals surface area contributed by atoms with Crippen LogP contribution in [0.5, 0.6) is 0 Å². The quantitative estimate of drug-likeness (QED) is 0.451. The number of hydrazine groups is 1. The monoisotopic (exact) mass is 532 g/mol. The molecule has 1 unspecified atom stereocenters. The predicted octanol–water partition coefficient (Wildman–Crippen LogP) is 2.14. The normalized spacial score (nSPS) is 18.4. The van der Waals surface area contributed by atoms with E-state index in [0.717, 1.165) is 11.3 Å². The molecule has 2 aliphatic heterocycles. The molecule has 5 rings (SSSR count). The topological polar surface area (TPSA) is 114 Å². The zero-order valence-corrected chi connectivity index (χ0v) is 21.6. The Labute approximate surface area is 221 Å². The Morgan fingerprint density at radius 3 is 2.08 bits per heavy atom. The number of nitrogens with zero attached hydrogens (tertiary/aromatic N) is 4. The first-order chi connectivity index (χ1) is 18.3. The fourth-order valence-electron chi connectivity index (χ4n) is 4.43. The Kier molecular flexibility index (Phi) is 7.23. The van der Waals surface area contributed by atoms with Gasteiger partial charge in [-0.25, -0.2) is 13.8 Å². The van der Waals surface area contributed by atoms with E-state index in [0.29, 0.717) is 30.1 Å². The molecule has 3 aromatic rings. The van der Waals surface area contributed by atoms with Gasteiger partial charge in [-0.15, -0.1) is 0 Å². The number of sulfonamides is 1. The summed E-state index contributed by atoms with van der Waals surface area (Å²) in [6.07, 6.45) is 1.17. The van der Waals surface area contributed by atoms with E-state index < -0.39 is 16.1 Å². The Morgan fingerprint density at radius 2 is 1.47 bits per heavy atom. The lowest BCUT2D eigenvalue weighted by molar-refractivity contribution is -0.118. The molecule has 0 radical (unpaired) electrons. The molecule has 0 saturated carbocycles. The summed E-state index contributed by atoms with van der Waals surface area (Å²) in [6.45, 7) is 1.19. The van der Waals surface area contributed by atoms with Crippen LogP contribution in [0.1, 0.15) is 15.9 Å². The lowest BCUT2D eigenvalue weighted by atomic mass is 10.0. The summed E-state index contributed by atoms with van der Waals surface area (Å²) in [5.41, 5.74) is 9.39. The third-order valence-corrected chi connectivity index (χ3v) is 7.80. The molecule has 1 fully saturated rings. The van der Waals surface area contributed by atoms with Gasteiger partial charge in [-0.3, -0.25) is 9.59 Å². The van der Waals surface area contributed by atoms with Crippen LogP contribution in [0.2, 0.25) is 0 Å². The van der Waals surface area contributed by atoms with Gasteiger partial charge in [0.25, 0.3) is 11.8 Å². The minimum atomic E-state index is -3.27. The number of hydrogen-bond acceptors (Lipinski definition) is 7. The maximum atomic E-state index is 13.5. The molecule has 0 spiro atoms. The third-order valence-electron chi connectivity index (χ3n) is 6.49. The van der Waals surface area contributed by atoms with Gasteiger partial charge in [0.05, 0.1) is 17.7 Å². The molecule has 2 heterocycles. The van der Waals surface area contributed by atoms with Crippen LogP contribution in [0.15, 0.2) is 90.0 Å². The standard InChI is InChI=1S/C27H28N6O4S/c1-38(36,37)32-18-16-31(17-19-32)26(34)21-12-14-23(15-13-21)33-27(35)25(29-28-22-10-6-3-7-11-22)24(30-33)20-8-4-2-5-9-20/h2-15,25,28-29H,16-19H2,1H3. The van der Waals surface area contributed by atoms with Crippen LogP contribution < -0.4 is 15.9 Å². The van der Waals surface area contributed by atoms with Crippen molar-refractivity contribution in [1.29, 1.82) is 0 Å². The summed E-state index contributed by atoms with van der Waals surface area (Å²) in [6, 6.07) is 24.9. The van der Waals surface area contributed by atoms with Crippen LogP contribution >= 0.6 is 0 Å². The van der Waals surface area contributed by atoms with E-state index in [1.54, 1.807) is 29.2 Å². The molecular formula is C27H28N6O4S. The van der Waals surface area contributed by atoms with E-state index in [4.69, 9.17) is 0 Å². The van der Waals surface area contributed by atoms with Crippen molar-refractivity contribution in [3.63, 3.8) is 0 Å². The fourth-order valence-corrected chi connectivity index (χ4v) is 5.26. The van der Waals surface area contributed by atoms with Crippen molar-refractivity contribution in [2.45, 2.75) is 6.04 Å². The SMILES string of the molecule is CS(=O)(=O)N1CCN(C(=O)c2ccc(N3N=C(c4ccccc4)C(NNc4ccccc4)C3=O)cc2)CC1. The van der Waals surface area contributed by atoms with Crippen molar-refractivity contribution in [3.8, 4) is 0 Å². The summed E-state index contributed by atoms with van der Waals surface area (Å²) in [5.74, 6) is -0.444. The molecule has 0 aromatic heterocycles. The molecule has 1 atom stereocenters. The number of rotatable bonds is 7. The number of hydrazone groups is 1. The molecule has 11 heteroatoms. The number of benzene rings is 3. The van der Waals surface area contributed by atoms with Gasteiger partial charge in [-0.1, -0.05) is 48.5 Å². The Morgan fingerprint density at radius 1 is 0.868 bits per heavy atom. The van der Waals surface area contributed by atoms with Gasteiger partial charge in [0.15, 0.2) is 6.04 Å². The van der Waals surface area contributed by atoms with Crippen molar-refractivity contribution < 1.29 is 18.0 Å². The molecule has 3 aromatic carbocycles. The van der Waals surface area contributed by atoms with E-state index in [9.17, 15) is 18.0 Å². The molecular weight excluding hydrogens is 504 g/mol. The second kappa shape index (κ2) is 10.7. The van der Waals surface area contributed by atoms with Crippen LogP contribution in [-0.4, -0.2) is 73.6 Å². The number of amides is 2. The highest BCUT2D eigenvalue weighted by Gasteiger charge is 2.37. The minimum absolute atomic E-state index is 0.183. The highest BCUT2D eigenvalue weighted by Crippen LogP contribution is 2.25. The van der Waals surface area contributed by atoms with E-state index in [2.05, 4.69) is 16.0 Å². The van der Waals surface area contributed by atoms with Crippen molar-refractivity contribution >= 4 is 38.9 Å². The van der Waals surface area contributed by atoms with Crippen LogP contribution in [0, 0.1) is 0 Å². The minimum Gasteiger partial charge on any atom is -0.336 e. The average molecular weight is 533 g/mol. The molecule has 2 amide bonds. The second-order valence-electron chi connectivity index (χ2n) is 9.07. The number of piperazine rings is 1. The molecule has 2 aliphatic rings. The molecule has 10 nitrogen and oxygen atoms in total. The first kappa shape index (κ1) is 25.6. The van der Waals surface area contributed by atoms with Gasteiger partial charge in [0, 0.05) is 43.0 Å². The maximum Gasteiger partial charge on any atom is 0.272 e. The Bertz CT molecular complexity index is 1440. The van der Waals surface area contributed by atoms with Gasteiger partial charge in [-0.05, 0) is 36.4 Å². The Balaban J connectivity index is 1.32. The zero-order chi connectivity index (χ0) is 26.7. The molecule has 2 N–H and O–H groups in total. The molecule has 1 saturated heterocycles. The van der Waals surface area contributed by atoms with Crippen molar-refractivity contribution in [2.75, 3.05) is 42.9 Å². The predicted molar refractivity (Wildman–Crippen MR) is 146 cm³/mol. The number of nitrogens with one attached hydrogen (secondary N) is 2. The summed E-state index contributed by atoms with van der Waals surface area (Å²) in [5, 5.41) is 5.98. The van der Waals surface area contributed by atoms with Gasteiger partial charge in [0.1, 0.15) is 0 Å². The maximum absolute atomic E-state index is 13.5. The molecule has 0 bridgehead atoms. The van der Waals surface area contributed by atoms with Crippen LogP contribution in [0.25, 0.3) is 0 Å². The molecule has 196 valence electrons. The van der Waals surface area contributed by atoms with E-state index in [1.807, 2.05) is 60.7 Å².